The molecule has 126 valence electrons. The van der Waals surface area contributed by atoms with E-state index in [1.54, 1.807) is 18.2 Å². The number of piperazine rings is 1. The summed E-state index contributed by atoms with van der Waals surface area (Å²) in [6.07, 6.45) is 2.02. The number of carbonyl (C=O) groups is 2. The Labute approximate surface area is 138 Å². The van der Waals surface area contributed by atoms with Crippen LogP contribution in [0.1, 0.15) is 13.3 Å². The number of rotatable bonds is 3. The lowest BCUT2D eigenvalue weighted by molar-refractivity contribution is -0.127. The van der Waals surface area contributed by atoms with Crippen molar-refractivity contribution in [2.24, 2.45) is 0 Å². The first-order valence-electron chi connectivity index (χ1n) is 7.79. The number of hydrogen-bond acceptors (Lipinski definition) is 3. The van der Waals surface area contributed by atoms with Crippen LogP contribution >= 0.6 is 0 Å². The molecule has 1 aliphatic heterocycles. The standard InChI is InChI=1S/C17H18FN3O3/c1-2-14-16(22)19-7-8-21(14)17(23)20-13-10-11(5-6-12(13)18)15-4-3-9-24-15/h3-6,9-10,14H,2,7-8H2,1H3,(H,19,22)(H,20,23)/t14-/m1/s1. The fraction of sp³-hybridized carbons (Fsp3) is 0.294. The molecule has 0 unspecified atom stereocenters. The average molecular weight is 331 g/mol. The molecular weight excluding hydrogens is 313 g/mol. The van der Waals surface area contributed by atoms with Crippen molar-refractivity contribution in [2.45, 2.75) is 19.4 Å². The van der Waals surface area contributed by atoms with Gasteiger partial charge in [0.25, 0.3) is 0 Å². The molecule has 0 spiro atoms. The van der Waals surface area contributed by atoms with Crippen molar-refractivity contribution >= 4 is 17.6 Å². The Balaban J connectivity index is 1.81. The van der Waals surface area contributed by atoms with E-state index in [4.69, 9.17) is 4.42 Å². The monoisotopic (exact) mass is 331 g/mol. The summed E-state index contributed by atoms with van der Waals surface area (Å²) in [4.78, 5) is 25.8. The molecule has 6 nitrogen and oxygen atoms in total. The van der Waals surface area contributed by atoms with E-state index in [1.165, 1.54) is 23.3 Å². The van der Waals surface area contributed by atoms with Gasteiger partial charge in [0.1, 0.15) is 17.6 Å². The van der Waals surface area contributed by atoms with Gasteiger partial charge in [-0.2, -0.15) is 0 Å². The number of urea groups is 1. The van der Waals surface area contributed by atoms with Crippen molar-refractivity contribution in [3.05, 3.63) is 42.4 Å². The van der Waals surface area contributed by atoms with Gasteiger partial charge in [-0.1, -0.05) is 6.92 Å². The molecule has 1 aromatic heterocycles. The van der Waals surface area contributed by atoms with E-state index in [0.717, 1.165) is 0 Å². The van der Waals surface area contributed by atoms with Crippen LogP contribution in [-0.2, 0) is 4.79 Å². The Morgan fingerprint density at radius 1 is 1.46 bits per heavy atom. The molecule has 0 radical (unpaired) electrons. The van der Waals surface area contributed by atoms with Gasteiger partial charge in [-0.3, -0.25) is 4.79 Å². The Kier molecular flexibility index (Phi) is 4.50. The number of hydrogen-bond donors (Lipinski definition) is 2. The molecule has 1 fully saturated rings. The number of benzene rings is 1. The topological polar surface area (TPSA) is 74.6 Å². The summed E-state index contributed by atoms with van der Waals surface area (Å²) in [5, 5.41) is 5.28. The van der Waals surface area contributed by atoms with Crippen LogP contribution in [-0.4, -0.2) is 36.0 Å². The Hall–Kier alpha value is -2.83. The minimum Gasteiger partial charge on any atom is -0.464 e. The van der Waals surface area contributed by atoms with Gasteiger partial charge >= 0.3 is 6.03 Å². The number of halogens is 1. The van der Waals surface area contributed by atoms with Crippen LogP contribution in [0.15, 0.2) is 41.0 Å². The zero-order valence-corrected chi connectivity index (χ0v) is 13.2. The highest BCUT2D eigenvalue weighted by Crippen LogP contribution is 2.26. The lowest BCUT2D eigenvalue weighted by atomic mass is 10.1. The van der Waals surface area contributed by atoms with E-state index >= 15 is 0 Å². The average Bonchev–Trinajstić information content (AvgIpc) is 3.11. The van der Waals surface area contributed by atoms with Crippen LogP contribution in [0.4, 0.5) is 14.9 Å². The first-order valence-corrected chi connectivity index (χ1v) is 7.79. The highest BCUT2D eigenvalue weighted by atomic mass is 19.1. The maximum absolute atomic E-state index is 14.1. The van der Waals surface area contributed by atoms with Gasteiger partial charge in [0, 0.05) is 18.7 Å². The molecule has 1 aromatic carbocycles. The van der Waals surface area contributed by atoms with Crippen molar-refractivity contribution in [1.29, 1.82) is 0 Å². The Morgan fingerprint density at radius 3 is 3.00 bits per heavy atom. The maximum atomic E-state index is 14.1. The Morgan fingerprint density at radius 2 is 2.29 bits per heavy atom. The summed E-state index contributed by atoms with van der Waals surface area (Å²) in [6, 6.07) is 6.80. The summed E-state index contributed by atoms with van der Waals surface area (Å²) in [5.41, 5.74) is 0.704. The highest BCUT2D eigenvalue weighted by Gasteiger charge is 2.31. The van der Waals surface area contributed by atoms with Crippen LogP contribution in [0.3, 0.4) is 0 Å². The minimum absolute atomic E-state index is 0.0507. The largest absolute Gasteiger partial charge is 0.464 e. The summed E-state index contributed by atoms with van der Waals surface area (Å²) in [5.74, 6) is -0.161. The van der Waals surface area contributed by atoms with Crippen molar-refractivity contribution in [3.63, 3.8) is 0 Å². The van der Waals surface area contributed by atoms with Gasteiger partial charge < -0.3 is 20.0 Å². The van der Waals surface area contributed by atoms with Crippen LogP contribution < -0.4 is 10.6 Å². The maximum Gasteiger partial charge on any atom is 0.322 e. The SMILES string of the molecule is CC[C@@H]1C(=O)NCCN1C(=O)Nc1cc(-c2ccco2)ccc1F. The molecule has 0 aliphatic carbocycles. The van der Waals surface area contributed by atoms with Crippen LogP contribution in [0, 0.1) is 5.82 Å². The van der Waals surface area contributed by atoms with Gasteiger partial charge in [-0.05, 0) is 36.8 Å². The van der Waals surface area contributed by atoms with E-state index in [2.05, 4.69) is 10.6 Å². The zero-order chi connectivity index (χ0) is 17.1. The first kappa shape index (κ1) is 16.0. The molecule has 0 bridgehead atoms. The number of nitrogens with zero attached hydrogens (tertiary/aromatic N) is 1. The van der Waals surface area contributed by atoms with Crippen LogP contribution in [0.2, 0.25) is 0 Å². The van der Waals surface area contributed by atoms with Crippen molar-refractivity contribution < 1.29 is 18.4 Å². The predicted molar refractivity (Wildman–Crippen MR) is 86.9 cm³/mol. The molecule has 24 heavy (non-hydrogen) atoms. The first-order chi connectivity index (χ1) is 11.6. The lowest BCUT2D eigenvalue weighted by Crippen LogP contribution is -2.57. The molecule has 3 amide bonds. The molecule has 7 heteroatoms. The highest BCUT2D eigenvalue weighted by molar-refractivity contribution is 5.95. The van der Waals surface area contributed by atoms with Gasteiger partial charge in [0.15, 0.2) is 0 Å². The van der Waals surface area contributed by atoms with Crippen LogP contribution in [0.25, 0.3) is 11.3 Å². The summed E-state index contributed by atoms with van der Waals surface area (Å²) in [6.45, 7) is 2.60. The minimum atomic E-state index is -0.548. The van der Waals surface area contributed by atoms with Gasteiger partial charge in [0.2, 0.25) is 5.91 Å². The molecule has 0 saturated carbocycles. The fourth-order valence-corrected chi connectivity index (χ4v) is 2.77. The number of carbonyl (C=O) groups excluding carboxylic acids is 2. The second-order valence-corrected chi connectivity index (χ2v) is 5.51. The predicted octanol–water partition coefficient (Wildman–Crippen LogP) is 2.83. The van der Waals surface area contributed by atoms with E-state index in [1.807, 2.05) is 6.92 Å². The number of anilines is 1. The quantitative estimate of drug-likeness (QED) is 0.908. The van der Waals surface area contributed by atoms with Gasteiger partial charge in [-0.25, -0.2) is 9.18 Å². The van der Waals surface area contributed by atoms with Crippen molar-refractivity contribution in [1.82, 2.24) is 10.2 Å². The molecule has 2 N–H and O–H groups in total. The van der Waals surface area contributed by atoms with E-state index in [0.29, 0.717) is 30.8 Å². The molecule has 3 rings (SSSR count). The van der Waals surface area contributed by atoms with Gasteiger partial charge in [0.05, 0.1) is 12.0 Å². The fourth-order valence-electron chi connectivity index (χ4n) is 2.77. The third kappa shape index (κ3) is 3.10. The van der Waals surface area contributed by atoms with Crippen molar-refractivity contribution in [2.75, 3.05) is 18.4 Å². The van der Waals surface area contributed by atoms with E-state index in [-0.39, 0.29) is 11.6 Å². The normalized spacial score (nSPS) is 17.5. The third-order valence-corrected chi connectivity index (χ3v) is 3.99. The molecular formula is C17H18FN3O3. The summed E-state index contributed by atoms with van der Waals surface area (Å²) in [7, 11) is 0. The second kappa shape index (κ2) is 6.74. The van der Waals surface area contributed by atoms with Crippen molar-refractivity contribution in [3.8, 4) is 11.3 Å². The second-order valence-electron chi connectivity index (χ2n) is 5.51. The summed E-state index contributed by atoms with van der Waals surface area (Å²) < 4.78 is 19.3. The van der Waals surface area contributed by atoms with Gasteiger partial charge in [-0.15, -0.1) is 0 Å². The van der Waals surface area contributed by atoms with E-state index in [9.17, 15) is 14.0 Å². The number of furan rings is 1. The zero-order valence-electron chi connectivity index (χ0n) is 13.2. The smallest absolute Gasteiger partial charge is 0.322 e. The molecule has 2 heterocycles. The number of nitrogens with one attached hydrogen (secondary N) is 2. The Bertz CT molecular complexity index is 746. The van der Waals surface area contributed by atoms with E-state index < -0.39 is 17.9 Å². The molecule has 2 aromatic rings. The third-order valence-electron chi connectivity index (χ3n) is 3.99. The number of amides is 3. The van der Waals surface area contributed by atoms with Crippen LogP contribution in [0.5, 0.6) is 0 Å². The summed E-state index contributed by atoms with van der Waals surface area (Å²) >= 11 is 0. The molecule has 1 atom stereocenters. The molecule has 1 saturated heterocycles. The lowest BCUT2D eigenvalue weighted by Gasteiger charge is -2.34. The molecule has 1 aliphatic rings.